The van der Waals surface area contributed by atoms with Crippen LogP contribution in [0.5, 0.6) is 0 Å². The fourth-order valence-electron chi connectivity index (χ4n) is 2.35. The number of carbonyl (C=O) groups is 1. The first-order valence-corrected chi connectivity index (χ1v) is 6.32. The van der Waals surface area contributed by atoms with Crippen LogP contribution >= 0.6 is 0 Å². The van der Waals surface area contributed by atoms with Gasteiger partial charge in [-0.3, -0.25) is 9.48 Å². The van der Waals surface area contributed by atoms with E-state index in [1.54, 1.807) is 0 Å². The summed E-state index contributed by atoms with van der Waals surface area (Å²) in [5, 5.41) is 13.4. The molecule has 1 N–H and O–H groups in total. The average molecular weight is 258 g/mol. The zero-order chi connectivity index (χ0) is 14.0. The van der Waals surface area contributed by atoms with Gasteiger partial charge in [0.05, 0.1) is 18.2 Å². The molecule has 4 heteroatoms. The van der Waals surface area contributed by atoms with Crippen molar-refractivity contribution in [2.45, 2.75) is 33.2 Å². The molecule has 0 aliphatic carbocycles. The number of benzene rings is 1. The predicted octanol–water partition coefficient (Wildman–Crippen LogP) is 2.74. The third-order valence-corrected chi connectivity index (χ3v) is 3.45. The van der Waals surface area contributed by atoms with Crippen LogP contribution in [0.2, 0.25) is 0 Å². The Balaban J connectivity index is 2.38. The minimum absolute atomic E-state index is 0.0270. The van der Waals surface area contributed by atoms with E-state index in [-0.39, 0.29) is 12.5 Å². The maximum atomic E-state index is 10.9. The van der Waals surface area contributed by atoms with Gasteiger partial charge in [-0.25, -0.2) is 0 Å². The van der Waals surface area contributed by atoms with E-state index in [0.29, 0.717) is 0 Å². The molecule has 1 aromatic heterocycles. The first-order valence-electron chi connectivity index (χ1n) is 6.32. The second-order valence-electron chi connectivity index (χ2n) is 4.75. The third-order valence-electron chi connectivity index (χ3n) is 3.45. The van der Waals surface area contributed by atoms with Gasteiger partial charge in [-0.05, 0) is 26.3 Å². The van der Waals surface area contributed by atoms with Crippen LogP contribution in [0.1, 0.15) is 35.5 Å². The van der Waals surface area contributed by atoms with Crippen molar-refractivity contribution < 1.29 is 9.90 Å². The first kappa shape index (κ1) is 13.3. The Morgan fingerprint density at radius 3 is 2.53 bits per heavy atom. The maximum absolute atomic E-state index is 10.9. The zero-order valence-electron chi connectivity index (χ0n) is 11.4. The van der Waals surface area contributed by atoms with Gasteiger partial charge in [-0.2, -0.15) is 5.10 Å². The van der Waals surface area contributed by atoms with Crippen LogP contribution in [-0.4, -0.2) is 20.9 Å². The highest BCUT2D eigenvalue weighted by atomic mass is 16.4. The Kier molecular flexibility index (Phi) is 3.69. The number of hydrogen-bond donors (Lipinski definition) is 1. The lowest BCUT2D eigenvalue weighted by molar-refractivity contribution is -0.136. The molecule has 0 aliphatic rings. The normalized spacial score (nSPS) is 12.4. The lowest BCUT2D eigenvalue weighted by Gasteiger charge is -2.15. The SMILES string of the molecule is Cc1nn(C(C)c2ccccc2)c(C)c1CC(=O)O. The minimum atomic E-state index is -0.821. The van der Waals surface area contributed by atoms with E-state index in [1.807, 2.05) is 36.7 Å². The van der Waals surface area contributed by atoms with Gasteiger partial charge >= 0.3 is 5.97 Å². The monoisotopic (exact) mass is 258 g/mol. The standard InChI is InChI=1S/C15H18N2O2/c1-10-14(9-15(18)19)12(3)17(16-10)11(2)13-7-5-4-6-8-13/h4-8,11H,9H2,1-3H3,(H,18,19). The number of aliphatic carboxylic acids is 1. The molecule has 2 aromatic rings. The van der Waals surface area contributed by atoms with E-state index in [1.165, 1.54) is 0 Å². The molecule has 0 amide bonds. The molecule has 0 fully saturated rings. The Morgan fingerprint density at radius 1 is 1.32 bits per heavy atom. The molecular formula is C15H18N2O2. The van der Waals surface area contributed by atoms with Crippen LogP contribution in [0.4, 0.5) is 0 Å². The van der Waals surface area contributed by atoms with Crippen LogP contribution in [0.15, 0.2) is 30.3 Å². The van der Waals surface area contributed by atoms with E-state index >= 15 is 0 Å². The summed E-state index contributed by atoms with van der Waals surface area (Å²) in [6.07, 6.45) is 0.0270. The quantitative estimate of drug-likeness (QED) is 0.917. The summed E-state index contributed by atoms with van der Waals surface area (Å²) in [6.45, 7) is 5.86. The molecule has 0 saturated carbocycles. The third kappa shape index (κ3) is 2.67. The van der Waals surface area contributed by atoms with Gasteiger partial charge < -0.3 is 5.11 Å². The molecular weight excluding hydrogens is 240 g/mol. The van der Waals surface area contributed by atoms with E-state index < -0.39 is 5.97 Å². The van der Waals surface area contributed by atoms with E-state index in [9.17, 15) is 4.79 Å². The van der Waals surface area contributed by atoms with Crippen molar-refractivity contribution in [3.63, 3.8) is 0 Å². The topological polar surface area (TPSA) is 55.1 Å². The number of hydrogen-bond acceptors (Lipinski definition) is 2. The number of carboxylic acid groups (broad SMARTS) is 1. The summed E-state index contributed by atoms with van der Waals surface area (Å²) < 4.78 is 1.91. The fraction of sp³-hybridized carbons (Fsp3) is 0.333. The molecule has 0 radical (unpaired) electrons. The molecule has 2 rings (SSSR count). The van der Waals surface area contributed by atoms with E-state index in [4.69, 9.17) is 5.11 Å². The van der Waals surface area contributed by atoms with Gasteiger partial charge in [0.1, 0.15) is 0 Å². The fourth-order valence-corrected chi connectivity index (χ4v) is 2.35. The van der Waals surface area contributed by atoms with Crippen LogP contribution < -0.4 is 0 Å². The number of aromatic nitrogens is 2. The molecule has 4 nitrogen and oxygen atoms in total. The van der Waals surface area contributed by atoms with Gasteiger partial charge in [-0.15, -0.1) is 0 Å². The summed E-state index contributed by atoms with van der Waals surface area (Å²) in [5.74, 6) is -0.821. The highest BCUT2D eigenvalue weighted by Gasteiger charge is 2.18. The second-order valence-corrected chi connectivity index (χ2v) is 4.75. The molecule has 0 bridgehead atoms. The molecule has 1 heterocycles. The maximum Gasteiger partial charge on any atom is 0.307 e. The van der Waals surface area contributed by atoms with Crippen molar-refractivity contribution in [1.82, 2.24) is 9.78 Å². The first-order chi connectivity index (χ1) is 9.00. The zero-order valence-corrected chi connectivity index (χ0v) is 11.4. The number of rotatable bonds is 4. The average Bonchev–Trinajstić information content (AvgIpc) is 2.66. The Hall–Kier alpha value is -2.10. The van der Waals surface area contributed by atoms with Crippen LogP contribution in [0, 0.1) is 13.8 Å². The summed E-state index contributed by atoms with van der Waals surface area (Å²) >= 11 is 0. The molecule has 100 valence electrons. The van der Waals surface area contributed by atoms with Crippen molar-refractivity contribution in [3.8, 4) is 0 Å². The van der Waals surface area contributed by atoms with E-state index in [2.05, 4.69) is 24.2 Å². The lowest BCUT2D eigenvalue weighted by atomic mass is 10.1. The number of nitrogens with zero attached hydrogens (tertiary/aromatic N) is 2. The van der Waals surface area contributed by atoms with Crippen molar-refractivity contribution in [2.24, 2.45) is 0 Å². The molecule has 0 aliphatic heterocycles. The number of aryl methyl sites for hydroxylation is 1. The molecule has 1 atom stereocenters. The van der Waals surface area contributed by atoms with Crippen LogP contribution in [0.25, 0.3) is 0 Å². The highest BCUT2D eigenvalue weighted by Crippen LogP contribution is 2.22. The summed E-state index contributed by atoms with van der Waals surface area (Å²) in [5.41, 5.74) is 3.70. The lowest BCUT2D eigenvalue weighted by Crippen LogP contribution is -2.11. The smallest absolute Gasteiger partial charge is 0.307 e. The number of carboxylic acids is 1. The molecule has 0 spiro atoms. The van der Waals surface area contributed by atoms with Gasteiger partial charge in [0.15, 0.2) is 0 Å². The van der Waals surface area contributed by atoms with Crippen LogP contribution in [0.3, 0.4) is 0 Å². The largest absolute Gasteiger partial charge is 0.481 e. The van der Waals surface area contributed by atoms with Gasteiger partial charge in [0.2, 0.25) is 0 Å². The Bertz CT molecular complexity index is 588. The minimum Gasteiger partial charge on any atom is -0.481 e. The molecule has 19 heavy (non-hydrogen) atoms. The summed E-state index contributed by atoms with van der Waals surface area (Å²) in [4.78, 5) is 10.9. The summed E-state index contributed by atoms with van der Waals surface area (Å²) in [7, 11) is 0. The van der Waals surface area contributed by atoms with Gasteiger partial charge in [0, 0.05) is 11.3 Å². The van der Waals surface area contributed by atoms with Crippen molar-refractivity contribution in [3.05, 3.63) is 52.8 Å². The van der Waals surface area contributed by atoms with E-state index in [0.717, 1.165) is 22.5 Å². The summed E-state index contributed by atoms with van der Waals surface area (Å²) in [6, 6.07) is 10.2. The van der Waals surface area contributed by atoms with Gasteiger partial charge in [0.25, 0.3) is 0 Å². The second kappa shape index (κ2) is 5.26. The molecule has 1 aromatic carbocycles. The van der Waals surface area contributed by atoms with Crippen molar-refractivity contribution >= 4 is 5.97 Å². The molecule has 0 saturated heterocycles. The van der Waals surface area contributed by atoms with Crippen molar-refractivity contribution in [2.75, 3.05) is 0 Å². The van der Waals surface area contributed by atoms with Crippen LogP contribution in [-0.2, 0) is 11.2 Å². The Labute approximate surface area is 112 Å². The Morgan fingerprint density at radius 2 is 1.95 bits per heavy atom. The molecule has 1 unspecified atom stereocenters. The van der Waals surface area contributed by atoms with Crippen molar-refractivity contribution in [1.29, 1.82) is 0 Å². The predicted molar refractivity (Wildman–Crippen MR) is 73.3 cm³/mol. The highest BCUT2D eigenvalue weighted by molar-refractivity contribution is 5.71. The van der Waals surface area contributed by atoms with Gasteiger partial charge in [-0.1, -0.05) is 30.3 Å².